The fourth-order valence-electron chi connectivity index (χ4n) is 3.32. The number of fused-ring (bicyclic) bond motifs is 3. The normalized spacial score (nSPS) is 19.6. The minimum Gasteiger partial charge on any atom is -0.434 e. The number of hydrogen-bond acceptors (Lipinski definition) is 3. The van der Waals surface area contributed by atoms with Crippen LogP contribution in [-0.4, -0.2) is 21.3 Å². The Kier molecular flexibility index (Phi) is 3.96. The van der Waals surface area contributed by atoms with Crippen LogP contribution in [0.15, 0.2) is 40.9 Å². The lowest BCUT2D eigenvalue weighted by Gasteiger charge is -2.18. The molecule has 25 heavy (non-hydrogen) atoms. The van der Waals surface area contributed by atoms with Gasteiger partial charge in [-0.05, 0) is 28.1 Å². The molecule has 8 heteroatoms. The van der Waals surface area contributed by atoms with Crippen molar-refractivity contribution in [3.63, 3.8) is 0 Å². The van der Waals surface area contributed by atoms with Gasteiger partial charge in [-0.1, -0.05) is 18.2 Å². The van der Waals surface area contributed by atoms with Crippen molar-refractivity contribution in [2.24, 2.45) is 0 Å². The average Bonchev–Trinajstić information content (AvgIpc) is 3.06. The Bertz CT molecular complexity index is 960. The zero-order valence-electron chi connectivity index (χ0n) is 12.7. The lowest BCUT2D eigenvalue weighted by molar-refractivity contribution is -0.0507. The van der Waals surface area contributed by atoms with Gasteiger partial charge in [-0.3, -0.25) is 0 Å². The van der Waals surface area contributed by atoms with Crippen molar-refractivity contribution in [3.05, 3.63) is 58.1 Å². The zero-order chi connectivity index (χ0) is 17.7. The van der Waals surface area contributed by atoms with E-state index in [2.05, 4.69) is 25.7 Å². The molecular formula is C17H12BrF3N2O2. The van der Waals surface area contributed by atoms with Crippen LogP contribution < -0.4 is 4.74 Å². The Hall–Kier alpha value is -2.06. The molecule has 0 amide bonds. The first-order chi connectivity index (χ1) is 12.0. The van der Waals surface area contributed by atoms with Crippen LogP contribution in [-0.2, 0) is 0 Å². The summed E-state index contributed by atoms with van der Waals surface area (Å²) in [6.45, 7) is -2.95. The first-order valence-electron chi connectivity index (χ1n) is 7.54. The van der Waals surface area contributed by atoms with Gasteiger partial charge in [0.25, 0.3) is 0 Å². The van der Waals surface area contributed by atoms with Gasteiger partial charge in [0.05, 0.1) is 21.5 Å². The quantitative estimate of drug-likeness (QED) is 0.685. The molecular weight excluding hydrogens is 401 g/mol. The minimum absolute atomic E-state index is 0.0468. The lowest BCUT2D eigenvalue weighted by atomic mass is 10.0. The summed E-state index contributed by atoms with van der Waals surface area (Å²) in [5, 5.41) is 10.3. The number of aromatic nitrogens is 2. The van der Waals surface area contributed by atoms with Crippen LogP contribution in [0.4, 0.5) is 13.2 Å². The third kappa shape index (κ3) is 2.69. The fraction of sp³-hybridized carbons (Fsp3) is 0.235. The Labute approximate surface area is 149 Å². The zero-order valence-corrected chi connectivity index (χ0v) is 14.3. The highest BCUT2D eigenvalue weighted by Crippen LogP contribution is 2.44. The van der Waals surface area contributed by atoms with Gasteiger partial charge in [-0.15, -0.1) is 0 Å². The van der Waals surface area contributed by atoms with Gasteiger partial charge in [0.2, 0.25) is 0 Å². The topological polar surface area (TPSA) is 47.3 Å². The first kappa shape index (κ1) is 16.4. The van der Waals surface area contributed by atoms with Crippen molar-refractivity contribution < 1.29 is 23.0 Å². The van der Waals surface area contributed by atoms with Gasteiger partial charge in [0, 0.05) is 18.1 Å². The van der Waals surface area contributed by atoms with Crippen molar-refractivity contribution in [1.82, 2.24) is 9.55 Å². The van der Waals surface area contributed by atoms with Crippen LogP contribution in [0.2, 0.25) is 0 Å². The lowest BCUT2D eigenvalue weighted by Crippen LogP contribution is -2.10. The van der Waals surface area contributed by atoms with Crippen molar-refractivity contribution >= 4 is 27.0 Å². The van der Waals surface area contributed by atoms with Gasteiger partial charge >= 0.3 is 6.61 Å². The third-order valence-corrected chi connectivity index (χ3v) is 4.92. The summed E-state index contributed by atoms with van der Waals surface area (Å²) < 4.78 is 45.8. The van der Waals surface area contributed by atoms with Crippen LogP contribution in [0, 0.1) is 5.82 Å². The largest absolute Gasteiger partial charge is 0.434 e. The van der Waals surface area contributed by atoms with E-state index in [1.807, 2.05) is 0 Å². The number of imidazole rings is 1. The van der Waals surface area contributed by atoms with Crippen LogP contribution in [0.5, 0.6) is 5.75 Å². The van der Waals surface area contributed by atoms with Crippen molar-refractivity contribution in [1.29, 1.82) is 0 Å². The maximum absolute atomic E-state index is 13.8. The number of hydrogen-bond donors (Lipinski definition) is 1. The molecule has 0 bridgehead atoms. The predicted molar refractivity (Wildman–Crippen MR) is 88.2 cm³/mol. The second kappa shape index (κ2) is 6.03. The molecule has 1 aliphatic rings. The number of nitrogens with zero attached hydrogens (tertiary/aromatic N) is 2. The Morgan fingerprint density at radius 3 is 2.80 bits per heavy atom. The number of ether oxygens (including phenoxy) is 1. The van der Waals surface area contributed by atoms with E-state index in [9.17, 15) is 18.3 Å². The molecule has 3 aromatic rings. The van der Waals surface area contributed by atoms with E-state index in [0.29, 0.717) is 22.4 Å². The van der Waals surface area contributed by atoms with E-state index in [-0.39, 0.29) is 16.6 Å². The molecule has 130 valence electrons. The van der Waals surface area contributed by atoms with E-state index < -0.39 is 24.6 Å². The highest BCUT2D eigenvalue weighted by Gasteiger charge is 2.35. The molecule has 0 unspecified atom stereocenters. The van der Waals surface area contributed by atoms with E-state index in [1.54, 1.807) is 28.8 Å². The van der Waals surface area contributed by atoms with Crippen molar-refractivity contribution in [2.75, 3.05) is 0 Å². The summed E-state index contributed by atoms with van der Waals surface area (Å²) in [5.74, 6) is -0.0355. The second-order valence-corrected chi connectivity index (χ2v) is 6.63. The predicted octanol–water partition coefficient (Wildman–Crippen LogP) is 4.57. The van der Waals surface area contributed by atoms with Crippen LogP contribution in [0.3, 0.4) is 0 Å². The molecule has 0 saturated heterocycles. The van der Waals surface area contributed by atoms with Crippen molar-refractivity contribution in [3.8, 4) is 5.75 Å². The average molecular weight is 413 g/mol. The van der Waals surface area contributed by atoms with Gasteiger partial charge < -0.3 is 14.4 Å². The van der Waals surface area contributed by atoms with Crippen molar-refractivity contribution in [2.45, 2.75) is 25.2 Å². The molecule has 4 rings (SSSR count). The highest BCUT2D eigenvalue weighted by molar-refractivity contribution is 9.10. The van der Waals surface area contributed by atoms with Crippen LogP contribution in [0.1, 0.15) is 30.0 Å². The number of benzene rings is 2. The maximum atomic E-state index is 13.8. The molecule has 2 heterocycles. The summed E-state index contributed by atoms with van der Waals surface area (Å²) in [6, 6.07) is 8.86. The van der Waals surface area contributed by atoms with Gasteiger partial charge in [0.1, 0.15) is 23.5 Å². The number of halogens is 4. The van der Waals surface area contributed by atoms with E-state index in [1.165, 1.54) is 12.1 Å². The summed E-state index contributed by atoms with van der Waals surface area (Å²) in [5.41, 5.74) is 1.52. The van der Waals surface area contributed by atoms with Gasteiger partial charge in [0.15, 0.2) is 0 Å². The third-order valence-electron chi connectivity index (χ3n) is 4.31. The van der Waals surface area contributed by atoms with E-state index >= 15 is 0 Å². The van der Waals surface area contributed by atoms with Gasteiger partial charge in [-0.2, -0.15) is 8.78 Å². The van der Waals surface area contributed by atoms with Crippen LogP contribution in [0.25, 0.3) is 11.0 Å². The molecule has 1 aromatic heterocycles. The smallest absolute Gasteiger partial charge is 0.387 e. The molecule has 4 nitrogen and oxygen atoms in total. The number of para-hydroxylation sites is 1. The number of aliphatic hydroxyl groups excluding tert-OH is 1. The summed E-state index contributed by atoms with van der Waals surface area (Å²) in [6.07, 6.45) is -0.601. The van der Waals surface area contributed by atoms with Gasteiger partial charge in [-0.25, -0.2) is 9.37 Å². The Morgan fingerprint density at radius 1 is 1.28 bits per heavy atom. The monoisotopic (exact) mass is 412 g/mol. The molecule has 1 aliphatic heterocycles. The number of aliphatic hydroxyl groups is 1. The fourth-order valence-corrected chi connectivity index (χ4v) is 3.65. The van der Waals surface area contributed by atoms with E-state index in [4.69, 9.17) is 0 Å². The van der Waals surface area contributed by atoms with Crippen LogP contribution >= 0.6 is 15.9 Å². The molecule has 0 saturated carbocycles. The molecule has 0 spiro atoms. The SMILES string of the molecule is O[C@H]1C[C@H](c2ccccc2OC(F)F)n2c1nc1cc(F)c(Br)cc12. The summed E-state index contributed by atoms with van der Waals surface area (Å²) in [4.78, 5) is 4.31. The second-order valence-electron chi connectivity index (χ2n) is 5.78. The minimum atomic E-state index is -2.95. The maximum Gasteiger partial charge on any atom is 0.387 e. The molecule has 0 fully saturated rings. The first-order valence-corrected chi connectivity index (χ1v) is 8.33. The number of alkyl halides is 2. The molecule has 2 aromatic carbocycles. The molecule has 1 N–H and O–H groups in total. The van der Waals surface area contributed by atoms with E-state index in [0.717, 1.165) is 0 Å². The Morgan fingerprint density at radius 2 is 2.04 bits per heavy atom. The molecule has 0 radical (unpaired) electrons. The Balaban J connectivity index is 1.90. The summed E-state index contributed by atoms with van der Waals surface area (Å²) in [7, 11) is 0. The molecule has 0 aliphatic carbocycles. The summed E-state index contributed by atoms with van der Waals surface area (Å²) >= 11 is 3.15. The number of rotatable bonds is 3. The standard InChI is InChI=1S/C17H12BrF3N2O2/c18-9-5-13-11(6-10(9)19)22-16-14(24)7-12(23(13)16)8-3-1-2-4-15(8)25-17(20)21/h1-6,12,14,17,24H,7H2/t12-,14+/m1/s1. The highest BCUT2D eigenvalue weighted by atomic mass is 79.9. The molecule has 2 atom stereocenters.